The summed E-state index contributed by atoms with van der Waals surface area (Å²) >= 11 is 0. The van der Waals surface area contributed by atoms with E-state index in [-0.39, 0.29) is 18.2 Å². The molecule has 1 aliphatic rings. The maximum atomic E-state index is 12.6. The number of carbonyl (C=O) groups is 3. The van der Waals surface area contributed by atoms with Gasteiger partial charge in [0.05, 0.1) is 18.9 Å². The van der Waals surface area contributed by atoms with Crippen molar-refractivity contribution in [1.29, 1.82) is 0 Å². The van der Waals surface area contributed by atoms with Crippen molar-refractivity contribution in [2.24, 2.45) is 0 Å². The average molecular weight is 303 g/mol. The molecule has 0 spiro atoms. The van der Waals surface area contributed by atoms with Crippen molar-refractivity contribution in [3.63, 3.8) is 0 Å². The number of hydrogen-bond acceptors (Lipinski definition) is 4. The second kappa shape index (κ2) is 5.91. The molecule has 5 heteroatoms. The van der Waals surface area contributed by atoms with Crippen LogP contribution in [0.1, 0.15) is 48.2 Å². The Kier molecular flexibility index (Phi) is 4.35. The van der Waals surface area contributed by atoms with Gasteiger partial charge in [-0.1, -0.05) is 25.5 Å². The number of imide groups is 1. The highest BCUT2D eigenvalue weighted by Crippen LogP contribution is 2.38. The first kappa shape index (κ1) is 16.2. The molecule has 1 unspecified atom stereocenters. The zero-order chi connectivity index (χ0) is 16.5. The molecule has 0 saturated carbocycles. The van der Waals surface area contributed by atoms with E-state index in [0.717, 1.165) is 23.3 Å². The zero-order valence-corrected chi connectivity index (χ0v) is 13.4. The van der Waals surface area contributed by atoms with Crippen LogP contribution in [0.3, 0.4) is 0 Å². The topological polar surface area (TPSA) is 63.7 Å². The number of amides is 2. The largest absolute Gasteiger partial charge is 0.469 e. The van der Waals surface area contributed by atoms with E-state index in [1.165, 1.54) is 14.2 Å². The Morgan fingerprint density at radius 2 is 2.00 bits per heavy atom. The molecule has 0 N–H and O–H groups in total. The van der Waals surface area contributed by atoms with E-state index in [4.69, 9.17) is 4.74 Å². The van der Waals surface area contributed by atoms with Gasteiger partial charge < -0.3 is 4.74 Å². The van der Waals surface area contributed by atoms with Gasteiger partial charge in [0.2, 0.25) is 5.91 Å². The highest BCUT2D eigenvalue weighted by Gasteiger charge is 2.47. The summed E-state index contributed by atoms with van der Waals surface area (Å²) in [6.45, 7) is 3.76. The second-order valence-corrected chi connectivity index (χ2v) is 5.88. The lowest BCUT2D eigenvalue weighted by atomic mass is 9.72. The van der Waals surface area contributed by atoms with E-state index in [0.29, 0.717) is 11.1 Å². The van der Waals surface area contributed by atoms with Gasteiger partial charge >= 0.3 is 5.97 Å². The van der Waals surface area contributed by atoms with Crippen LogP contribution < -0.4 is 0 Å². The minimum Gasteiger partial charge on any atom is -0.469 e. The number of likely N-dealkylation sites (N-methyl/N-ethyl adjacent to an activating group) is 1. The lowest BCUT2D eigenvalue weighted by Gasteiger charge is -2.37. The van der Waals surface area contributed by atoms with Crippen LogP contribution in [-0.2, 0) is 26.2 Å². The number of nitrogens with zero attached hydrogens (tertiary/aromatic N) is 1. The standard InChI is InChI=1S/C17H21NO4/c1-5-6-11-7-8-12-13(9-11)17(2,10-14(19)22-4)16(21)18(3)15(12)20/h7-9H,5-6,10H2,1-4H3. The van der Waals surface area contributed by atoms with Crippen molar-refractivity contribution < 1.29 is 19.1 Å². The van der Waals surface area contributed by atoms with Gasteiger partial charge in [-0.3, -0.25) is 19.3 Å². The van der Waals surface area contributed by atoms with Crippen LogP contribution in [0.25, 0.3) is 0 Å². The Morgan fingerprint density at radius 1 is 1.32 bits per heavy atom. The molecular weight excluding hydrogens is 282 g/mol. The van der Waals surface area contributed by atoms with E-state index in [1.54, 1.807) is 13.0 Å². The third kappa shape index (κ3) is 2.51. The third-order valence-corrected chi connectivity index (χ3v) is 4.25. The third-order valence-electron chi connectivity index (χ3n) is 4.25. The van der Waals surface area contributed by atoms with Crippen LogP contribution in [-0.4, -0.2) is 36.8 Å². The van der Waals surface area contributed by atoms with Gasteiger partial charge in [-0.15, -0.1) is 0 Å². The minimum absolute atomic E-state index is 0.0808. The van der Waals surface area contributed by atoms with Crippen LogP contribution >= 0.6 is 0 Å². The normalized spacial score (nSPS) is 20.8. The maximum Gasteiger partial charge on any atom is 0.306 e. The lowest BCUT2D eigenvalue weighted by molar-refractivity contribution is -0.147. The Bertz CT molecular complexity index is 638. The van der Waals surface area contributed by atoms with Crippen molar-refractivity contribution in [2.45, 2.75) is 38.5 Å². The van der Waals surface area contributed by atoms with Crippen LogP contribution in [0.4, 0.5) is 0 Å². The van der Waals surface area contributed by atoms with Gasteiger partial charge in [0, 0.05) is 12.6 Å². The molecule has 2 rings (SSSR count). The number of esters is 1. The summed E-state index contributed by atoms with van der Waals surface area (Å²) < 4.78 is 4.73. The number of hydrogen-bond donors (Lipinski definition) is 0. The molecule has 0 aliphatic carbocycles. The Morgan fingerprint density at radius 3 is 2.59 bits per heavy atom. The fraction of sp³-hybridized carbons (Fsp3) is 0.471. The van der Waals surface area contributed by atoms with E-state index in [9.17, 15) is 14.4 Å². The van der Waals surface area contributed by atoms with Crippen LogP contribution in [0.2, 0.25) is 0 Å². The van der Waals surface area contributed by atoms with Crippen LogP contribution in [0, 0.1) is 0 Å². The van der Waals surface area contributed by atoms with Gasteiger partial charge in [0.25, 0.3) is 5.91 Å². The van der Waals surface area contributed by atoms with Crippen LogP contribution in [0.15, 0.2) is 18.2 Å². The summed E-state index contributed by atoms with van der Waals surface area (Å²) in [4.78, 5) is 37.8. The number of ether oxygens (including phenoxy) is 1. The smallest absolute Gasteiger partial charge is 0.306 e. The van der Waals surface area contributed by atoms with E-state index < -0.39 is 11.4 Å². The van der Waals surface area contributed by atoms with Crippen molar-refractivity contribution in [3.8, 4) is 0 Å². The minimum atomic E-state index is -1.07. The molecule has 0 aromatic heterocycles. The quantitative estimate of drug-likeness (QED) is 0.631. The highest BCUT2D eigenvalue weighted by atomic mass is 16.5. The van der Waals surface area contributed by atoms with Gasteiger partial charge in [-0.05, 0) is 30.5 Å². The predicted octanol–water partition coefficient (Wildman–Crippen LogP) is 2.07. The first-order valence-corrected chi connectivity index (χ1v) is 7.37. The van der Waals surface area contributed by atoms with Gasteiger partial charge in [0.1, 0.15) is 0 Å². The molecule has 22 heavy (non-hydrogen) atoms. The number of benzene rings is 1. The molecule has 0 bridgehead atoms. The van der Waals surface area contributed by atoms with Crippen molar-refractivity contribution >= 4 is 17.8 Å². The molecule has 2 amide bonds. The molecule has 1 atom stereocenters. The Balaban J connectivity index is 2.61. The van der Waals surface area contributed by atoms with Crippen molar-refractivity contribution in [3.05, 3.63) is 34.9 Å². The Hall–Kier alpha value is -2.17. The molecule has 1 aliphatic heterocycles. The molecule has 1 heterocycles. The number of fused-ring (bicyclic) bond motifs is 1. The fourth-order valence-corrected chi connectivity index (χ4v) is 2.97. The molecule has 1 aromatic rings. The van der Waals surface area contributed by atoms with Crippen molar-refractivity contribution in [1.82, 2.24) is 4.90 Å². The molecule has 1 aromatic carbocycles. The molecule has 0 saturated heterocycles. The lowest BCUT2D eigenvalue weighted by Crippen LogP contribution is -2.52. The number of methoxy groups -OCH3 is 1. The summed E-state index contributed by atoms with van der Waals surface area (Å²) in [5.74, 6) is -1.17. The van der Waals surface area contributed by atoms with Gasteiger partial charge in [-0.25, -0.2) is 0 Å². The monoisotopic (exact) mass is 303 g/mol. The van der Waals surface area contributed by atoms with Gasteiger partial charge in [-0.2, -0.15) is 0 Å². The molecule has 118 valence electrons. The first-order valence-electron chi connectivity index (χ1n) is 7.37. The molecule has 0 radical (unpaired) electrons. The fourth-order valence-electron chi connectivity index (χ4n) is 2.97. The summed E-state index contributed by atoms with van der Waals surface area (Å²) in [5.41, 5.74) is 1.09. The van der Waals surface area contributed by atoms with Crippen LogP contribution in [0.5, 0.6) is 0 Å². The summed E-state index contributed by atoms with van der Waals surface area (Å²) in [7, 11) is 2.74. The Labute approximate surface area is 130 Å². The molecular formula is C17H21NO4. The summed E-state index contributed by atoms with van der Waals surface area (Å²) in [5, 5.41) is 0. The zero-order valence-electron chi connectivity index (χ0n) is 13.4. The number of carbonyl (C=O) groups excluding carboxylic acids is 3. The van der Waals surface area contributed by atoms with Gasteiger partial charge in [0.15, 0.2) is 0 Å². The highest BCUT2D eigenvalue weighted by molar-refractivity contribution is 6.13. The van der Waals surface area contributed by atoms with E-state index >= 15 is 0 Å². The number of aryl methyl sites for hydroxylation is 1. The second-order valence-electron chi connectivity index (χ2n) is 5.88. The molecule has 0 fully saturated rings. The summed E-state index contributed by atoms with van der Waals surface area (Å²) in [6.07, 6.45) is 1.75. The first-order chi connectivity index (χ1) is 10.3. The van der Waals surface area contributed by atoms with E-state index in [2.05, 4.69) is 6.92 Å². The summed E-state index contributed by atoms with van der Waals surface area (Å²) in [6, 6.07) is 5.54. The predicted molar refractivity (Wildman–Crippen MR) is 81.5 cm³/mol. The number of rotatable bonds is 4. The average Bonchev–Trinajstić information content (AvgIpc) is 2.51. The van der Waals surface area contributed by atoms with E-state index in [1.807, 2.05) is 12.1 Å². The molecule has 5 nitrogen and oxygen atoms in total. The van der Waals surface area contributed by atoms with Crippen molar-refractivity contribution in [2.75, 3.05) is 14.2 Å². The SMILES string of the molecule is CCCc1ccc2c(c1)C(C)(CC(=O)OC)C(=O)N(C)C2=O. The maximum absolute atomic E-state index is 12.6.